The van der Waals surface area contributed by atoms with Crippen molar-refractivity contribution in [2.75, 3.05) is 52.9 Å². The highest BCUT2D eigenvalue weighted by molar-refractivity contribution is 4.62. The van der Waals surface area contributed by atoms with Crippen molar-refractivity contribution >= 4 is 0 Å². The summed E-state index contributed by atoms with van der Waals surface area (Å²) in [4.78, 5) is 0. The minimum Gasteiger partial charge on any atom is -0.377 e. The summed E-state index contributed by atoms with van der Waals surface area (Å²) >= 11 is 0. The molecule has 0 aromatic rings. The van der Waals surface area contributed by atoms with Crippen LogP contribution in [0.5, 0.6) is 0 Å². The molecule has 2 heterocycles. The summed E-state index contributed by atoms with van der Waals surface area (Å²) < 4.78 is 28.3. The second-order valence-electron chi connectivity index (χ2n) is 6.45. The van der Waals surface area contributed by atoms with Crippen LogP contribution in [0.3, 0.4) is 0 Å². The van der Waals surface area contributed by atoms with Gasteiger partial charge in [0.25, 0.3) is 0 Å². The Morgan fingerprint density at radius 1 is 0.565 bits per heavy atom. The van der Waals surface area contributed by atoms with Crippen molar-refractivity contribution < 1.29 is 23.7 Å². The zero-order valence-electron chi connectivity index (χ0n) is 14.5. The fourth-order valence-corrected chi connectivity index (χ4v) is 3.00. The third-order valence-electron chi connectivity index (χ3n) is 4.40. The topological polar surface area (TPSA) is 46.2 Å². The van der Waals surface area contributed by atoms with Gasteiger partial charge in [-0.25, -0.2) is 0 Å². The van der Waals surface area contributed by atoms with Gasteiger partial charge in [0.15, 0.2) is 0 Å². The van der Waals surface area contributed by atoms with Gasteiger partial charge in [0.2, 0.25) is 0 Å². The highest BCUT2D eigenvalue weighted by Crippen LogP contribution is 2.14. The van der Waals surface area contributed by atoms with Crippen LogP contribution in [0.15, 0.2) is 0 Å². The molecule has 2 aliphatic rings. The average Bonchev–Trinajstić information content (AvgIpc) is 2.98. The van der Waals surface area contributed by atoms with E-state index in [4.69, 9.17) is 23.7 Å². The fraction of sp³-hybridized carbons (Fsp3) is 1.00. The molecular weight excluding hydrogens is 296 g/mol. The van der Waals surface area contributed by atoms with Gasteiger partial charge in [0.1, 0.15) is 0 Å². The zero-order valence-corrected chi connectivity index (χ0v) is 14.5. The summed E-state index contributed by atoms with van der Waals surface area (Å²) in [5, 5.41) is 0. The summed E-state index contributed by atoms with van der Waals surface area (Å²) in [6.45, 7) is 5.65. The summed E-state index contributed by atoms with van der Waals surface area (Å²) in [6.07, 6.45) is 10.3. The van der Waals surface area contributed by atoms with Gasteiger partial charge in [-0.3, -0.25) is 0 Å². The number of ether oxygens (including phenoxy) is 5. The summed E-state index contributed by atoms with van der Waals surface area (Å²) in [5.41, 5.74) is 0. The molecular formula is C18H34O5. The maximum absolute atomic E-state index is 5.73. The molecule has 0 saturated carbocycles. The second-order valence-corrected chi connectivity index (χ2v) is 6.45. The van der Waals surface area contributed by atoms with E-state index in [-0.39, 0.29) is 12.2 Å². The lowest BCUT2D eigenvalue weighted by Gasteiger charge is -2.16. The van der Waals surface area contributed by atoms with Crippen molar-refractivity contribution in [3.05, 3.63) is 0 Å². The van der Waals surface area contributed by atoms with Gasteiger partial charge in [-0.1, -0.05) is 25.7 Å². The van der Waals surface area contributed by atoms with Crippen LogP contribution in [0.1, 0.15) is 51.4 Å². The molecule has 0 aliphatic carbocycles. The van der Waals surface area contributed by atoms with Crippen LogP contribution in [-0.4, -0.2) is 65.1 Å². The Balaban J connectivity index is 1.33. The number of rotatable bonds is 10. The van der Waals surface area contributed by atoms with Crippen LogP contribution in [-0.2, 0) is 23.7 Å². The lowest BCUT2D eigenvalue weighted by molar-refractivity contribution is -0.0457. The lowest BCUT2D eigenvalue weighted by Crippen LogP contribution is -2.21. The third kappa shape index (κ3) is 9.62. The second kappa shape index (κ2) is 13.1. The largest absolute Gasteiger partial charge is 0.377 e. The van der Waals surface area contributed by atoms with Crippen LogP contribution in [0, 0.1) is 0 Å². The van der Waals surface area contributed by atoms with E-state index < -0.39 is 0 Å². The van der Waals surface area contributed by atoms with E-state index in [1.54, 1.807) is 0 Å². The highest BCUT2D eigenvalue weighted by atomic mass is 16.6. The normalized spacial score (nSPS) is 26.6. The minimum absolute atomic E-state index is 0.278. The van der Waals surface area contributed by atoms with E-state index >= 15 is 0 Å². The first kappa shape index (κ1) is 19.1. The van der Waals surface area contributed by atoms with E-state index in [0.717, 1.165) is 26.1 Å². The Bertz CT molecular complexity index is 232. The zero-order chi connectivity index (χ0) is 16.0. The van der Waals surface area contributed by atoms with Gasteiger partial charge < -0.3 is 23.7 Å². The molecule has 5 heteroatoms. The van der Waals surface area contributed by atoms with Crippen LogP contribution >= 0.6 is 0 Å². The molecule has 136 valence electrons. The van der Waals surface area contributed by atoms with Crippen LogP contribution < -0.4 is 0 Å². The molecule has 2 aliphatic heterocycles. The first-order valence-corrected chi connectivity index (χ1v) is 9.41. The quantitative estimate of drug-likeness (QED) is 0.576. The van der Waals surface area contributed by atoms with Crippen LogP contribution in [0.25, 0.3) is 0 Å². The molecule has 5 nitrogen and oxygen atoms in total. The van der Waals surface area contributed by atoms with Crippen LogP contribution in [0.4, 0.5) is 0 Å². The summed E-state index contributed by atoms with van der Waals surface area (Å²) in [5.74, 6) is 0. The van der Waals surface area contributed by atoms with Gasteiger partial charge in [0, 0.05) is 13.2 Å². The smallest absolute Gasteiger partial charge is 0.0808 e. The predicted octanol–water partition coefficient (Wildman–Crippen LogP) is 2.95. The first-order valence-electron chi connectivity index (χ1n) is 9.41. The number of hydrogen-bond acceptors (Lipinski definition) is 5. The Labute approximate surface area is 140 Å². The molecule has 0 amide bonds. The van der Waals surface area contributed by atoms with Gasteiger partial charge in [-0.15, -0.1) is 0 Å². The average molecular weight is 330 g/mol. The molecule has 0 N–H and O–H groups in total. The van der Waals surface area contributed by atoms with Crippen molar-refractivity contribution in [3.63, 3.8) is 0 Å². The Morgan fingerprint density at radius 3 is 1.57 bits per heavy atom. The molecule has 2 fully saturated rings. The molecule has 0 bridgehead atoms. The third-order valence-corrected chi connectivity index (χ3v) is 4.40. The minimum atomic E-state index is 0.278. The van der Waals surface area contributed by atoms with Crippen molar-refractivity contribution in [2.24, 2.45) is 0 Å². The molecule has 0 spiro atoms. The van der Waals surface area contributed by atoms with Gasteiger partial charge in [0.05, 0.1) is 51.8 Å². The van der Waals surface area contributed by atoms with E-state index in [1.807, 2.05) is 0 Å². The molecule has 2 unspecified atom stereocenters. The molecule has 0 aromatic carbocycles. The van der Waals surface area contributed by atoms with Crippen LogP contribution in [0.2, 0.25) is 0 Å². The molecule has 0 aromatic heterocycles. The Kier molecular flexibility index (Phi) is 10.9. The maximum Gasteiger partial charge on any atom is 0.0808 e. The lowest BCUT2D eigenvalue weighted by atomic mass is 10.1. The standard InChI is InChI=1S/C18H34O5/c1-3-7-17(22-9-5-1)15-20-13-11-19-12-14-21-16-18-8-4-2-6-10-23-18/h17-18H,1-16H2. The first-order chi connectivity index (χ1) is 11.4. The Hall–Kier alpha value is -0.200. The Morgan fingerprint density at radius 2 is 1.04 bits per heavy atom. The SMILES string of the molecule is C1CCOC(COCCOCCOCC2CCCCCO2)CC1. The summed E-state index contributed by atoms with van der Waals surface area (Å²) in [7, 11) is 0. The molecule has 23 heavy (non-hydrogen) atoms. The van der Waals surface area contributed by atoms with E-state index in [2.05, 4.69) is 0 Å². The fourth-order valence-electron chi connectivity index (χ4n) is 3.00. The molecule has 0 radical (unpaired) electrons. The van der Waals surface area contributed by atoms with Gasteiger partial charge >= 0.3 is 0 Å². The number of hydrogen-bond donors (Lipinski definition) is 0. The van der Waals surface area contributed by atoms with E-state index in [9.17, 15) is 0 Å². The maximum atomic E-state index is 5.73. The molecule has 2 atom stereocenters. The van der Waals surface area contributed by atoms with E-state index in [0.29, 0.717) is 39.6 Å². The molecule has 2 saturated heterocycles. The molecule has 2 rings (SSSR count). The predicted molar refractivity (Wildman–Crippen MR) is 88.9 cm³/mol. The van der Waals surface area contributed by atoms with Crippen molar-refractivity contribution in [2.45, 2.75) is 63.6 Å². The monoisotopic (exact) mass is 330 g/mol. The van der Waals surface area contributed by atoms with Gasteiger partial charge in [-0.2, -0.15) is 0 Å². The summed E-state index contributed by atoms with van der Waals surface area (Å²) in [6, 6.07) is 0. The van der Waals surface area contributed by atoms with Crippen molar-refractivity contribution in [1.29, 1.82) is 0 Å². The van der Waals surface area contributed by atoms with Gasteiger partial charge in [-0.05, 0) is 25.7 Å². The van der Waals surface area contributed by atoms with Crippen molar-refractivity contribution in [1.82, 2.24) is 0 Å². The van der Waals surface area contributed by atoms with Crippen molar-refractivity contribution in [3.8, 4) is 0 Å². The highest BCUT2D eigenvalue weighted by Gasteiger charge is 2.13. The van der Waals surface area contributed by atoms with E-state index in [1.165, 1.54) is 38.5 Å².